The van der Waals surface area contributed by atoms with E-state index in [1.54, 1.807) is 30.3 Å². The first-order chi connectivity index (χ1) is 18.0. The van der Waals surface area contributed by atoms with Crippen molar-refractivity contribution >= 4 is 34.4 Å². The predicted octanol–water partition coefficient (Wildman–Crippen LogP) is 6.12. The van der Waals surface area contributed by atoms with Gasteiger partial charge >= 0.3 is 5.97 Å². The summed E-state index contributed by atoms with van der Waals surface area (Å²) >= 11 is 6.35. The summed E-state index contributed by atoms with van der Waals surface area (Å²) in [6.07, 6.45) is 3.81. The molecule has 5 rings (SSSR count). The molecular weight excluding hydrogens is 486 g/mol. The highest BCUT2D eigenvalue weighted by Gasteiger charge is 2.16. The topological polar surface area (TPSA) is 73.2 Å². The average molecular weight is 510 g/mol. The number of pyridine rings is 1. The van der Waals surface area contributed by atoms with Crippen molar-refractivity contribution in [3.8, 4) is 11.1 Å². The molecule has 1 N–H and O–H groups in total. The highest BCUT2D eigenvalue weighted by molar-refractivity contribution is 6.32. The Balaban J connectivity index is 1.36. The standard InChI is InChI=1S/C30H24ClN3O3/c1-37-30(36)22-9-7-20(8-10-22)17-33-29(35)27-16-25(31)15-23-13-14-34(28(23)27)19-26-12-11-24(18-32-26)21-5-3-2-4-6-21/h2-16,18H,17,19H2,1H3,(H,33,35). The van der Waals surface area contributed by atoms with Crippen molar-refractivity contribution in [1.82, 2.24) is 14.9 Å². The zero-order valence-corrected chi connectivity index (χ0v) is 20.9. The molecular formula is C30H24ClN3O3. The molecule has 0 fully saturated rings. The Hall–Kier alpha value is -4.42. The minimum absolute atomic E-state index is 0.239. The van der Waals surface area contributed by atoms with Crippen LogP contribution in [0.15, 0.2) is 97.3 Å². The lowest BCUT2D eigenvalue weighted by Crippen LogP contribution is -2.23. The van der Waals surface area contributed by atoms with Gasteiger partial charge in [0.25, 0.3) is 5.91 Å². The van der Waals surface area contributed by atoms with Crippen molar-refractivity contribution in [2.45, 2.75) is 13.1 Å². The molecule has 2 heterocycles. The number of nitrogens with zero attached hydrogens (tertiary/aromatic N) is 2. The Bertz CT molecular complexity index is 1560. The van der Waals surface area contributed by atoms with E-state index in [2.05, 4.69) is 28.5 Å². The third kappa shape index (κ3) is 5.39. The van der Waals surface area contributed by atoms with Gasteiger partial charge < -0.3 is 14.6 Å². The average Bonchev–Trinajstić information content (AvgIpc) is 3.34. The summed E-state index contributed by atoms with van der Waals surface area (Å²) in [5.41, 5.74) is 5.63. The van der Waals surface area contributed by atoms with E-state index >= 15 is 0 Å². The van der Waals surface area contributed by atoms with E-state index in [1.165, 1.54) is 7.11 Å². The fraction of sp³-hybridized carbons (Fsp3) is 0.100. The number of nitrogens with one attached hydrogen (secondary N) is 1. The van der Waals surface area contributed by atoms with Gasteiger partial charge in [0.05, 0.1) is 36.0 Å². The number of benzene rings is 3. The molecule has 0 aliphatic rings. The maximum absolute atomic E-state index is 13.2. The first-order valence-corrected chi connectivity index (χ1v) is 12.1. The number of carbonyl (C=O) groups excluding carboxylic acids is 2. The zero-order chi connectivity index (χ0) is 25.8. The molecule has 0 saturated heterocycles. The summed E-state index contributed by atoms with van der Waals surface area (Å²) in [6, 6.07) is 26.6. The molecule has 0 bridgehead atoms. The van der Waals surface area contributed by atoms with E-state index in [4.69, 9.17) is 16.3 Å². The molecule has 0 aliphatic heterocycles. The van der Waals surface area contributed by atoms with Crippen molar-refractivity contribution in [1.29, 1.82) is 0 Å². The van der Waals surface area contributed by atoms with E-state index < -0.39 is 5.97 Å². The molecule has 37 heavy (non-hydrogen) atoms. The van der Waals surface area contributed by atoms with Crippen molar-refractivity contribution in [2.75, 3.05) is 7.11 Å². The van der Waals surface area contributed by atoms with E-state index in [-0.39, 0.29) is 5.91 Å². The molecule has 6 nitrogen and oxygen atoms in total. The largest absolute Gasteiger partial charge is 0.465 e. The normalized spacial score (nSPS) is 10.9. The fourth-order valence-corrected chi connectivity index (χ4v) is 4.49. The molecule has 3 aromatic carbocycles. The quantitative estimate of drug-likeness (QED) is 0.268. The molecule has 2 aromatic heterocycles. The van der Waals surface area contributed by atoms with Crippen LogP contribution in [0.1, 0.15) is 32.0 Å². The summed E-state index contributed by atoms with van der Waals surface area (Å²) in [6.45, 7) is 0.812. The van der Waals surface area contributed by atoms with Crippen LogP contribution in [0.4, 0.5) is 0 Å². The second-order valence-electron chi connectivity index (χ2n) is 8.61. The Morgan fingerprint density at radius 1 is 0.946 bits per heavy atom. The third-order valence-electron chi connectivity index (χ3n) is 6.16. The van der Waals surface area contributed by atoms with Crippen molar-refractivity contribution in [3.05, 3.63) is 125 Å². The van der Waals surface area contributed by atoms with Crippen LogP contribution in [0.5, 0.6) is 0 Å². The Morgan fingerprint density at radius 3 is 2.43 bits per heavy atom. The lowest BCUT2D eigenvalue weighted by Gasteiger charge is -2.12. The van der Waals surface area contributed by atoms with Crippen molar-refractivity contribution < 1.29 is 14.3 Å². The number of aromatic nitrogens is 2. The monoisotopic (exact) mass is 509 g/mol. The van der Waals surface area contributed by atoms with Gasteiger partial charge in [-0.15, -0.1) is 0 Å². The van der Waals surface area contributed by atoms with Crippen LogP contribution >= 0.6 is 11.6 Å². The van der Waals surface area contributed by atoms with Gasteiger partial charge in [-0.1, -0.05) is 60.1 Å². The lowest BCUT2D eigenvalue weighted by atomic mass is 10.1. The highest BCUT2D eigenvalue weighted by Crippen LogP contribution is 2.26. The number of hydrogen-bond acceptors (Lipinski definition) is 4. The number of fused-ring (bicyclic) bond motifs is 1. The lowest BCUT2D eigenvalue weighted by molar-refractivity contribution is 0.0600. The third-order valence-corrected chi connectivity index (χ3v) is 6.38. The Kier molecular flexibility index (Phi) is 7.01. The number of halogens is 1. The van der Waals surface area contributed by atoms with Crippen LogP contribution in [0, 0.1) is 0 Å². The molecule has 184 valence electrons. The first kappa shape index (κ1) is 24.3. The van der Waals surface area contributed by atoms with E-state index in [0.29, 0.717) is 29.2 Å². The SMILES string of the molecule is COC(=O)c1ccc(CNC(=O)c2cc(Cl)cc3ccn(Cc4ccc(-c5ccccc5)cn4)c23)cc1. The number of amides is 1. The summed E-state index contributed by atoms with van der Waals surface area (Å²) in [7, 11) is 1.34. The van der Waals surface area contributed by atoms with Crippen LogP contribution in [-0.4, -0.2) is 28.5 Å². The second-order valence-corrected chi connectivity index (χ2v) is 9.05. The van der Waals surface area contributed by atoms with Gasteiger partial charge in [-0.05, 0) is 47.5 Å². The number of methoxy groups -OCH3 is 1. The van der Waals surface area contributed by atoms with E-state index in [1.807, 2.05) is 53.4 Å². The molecule has 0 unspecified atom stereocenters. The summed E-state index contributed by atoms with van der Waals surface area (Å²) in [5.74, 6) is -0.640. The molecule has 0 saturated carbocycles. The zero-order valence-electron chi connectivity index (χ0n) is 20.1. The van der Waals surface area contributed by atoms with Crippen molar-refractivity contribution in [3.63, 3.8) is 0 Å². The molecule has 5 aromatic rings. The predicted molar refractivity (Wildman–Crippen MR) is 145 cm³/mol. The number of rotatable bonds is 7. The number of hydrogen-bond donors (Lipinski definition) is 1. The van der Waals surface area contributed by atoms with Gasteiger partial charge in [0.1, 0.15) is 0 Å². The van der Waals surface area contributed by atoms with Gasteiger partial charge in [0.2, 0.25) is 0 Å². The number of esters is 1. The molecule has 1 amide bonds. The smallest absolute Gasteiger partial charge is 0.337 e. The summed E-state index contributed by atoms with van der Waals surface area (Å²) < 4.78 is 6.74. The number of carbonyl (C=O) groups is 2. The van der Waals surface area contributed by atoms with E-state index in [0.717, 1.165) is 33.3 Å². The maximum Gasteiger partial charge on any atom is 0.337 e. The number of ether oxygens (including phenoxy) is 1. The van der Waals surface area contributed by atoms with E-state index in [9.17, 15) is 9.59 Å². The molecule has 7 heteroatoms. The van der Waals surface area contributed by atoms with Crippen LogP contribution < -0.4 is 5.32 Å². The summed E-state index contributed by atoms with van der Waals surface area (Å²) in [4.78, 5) is 29.5. The Morgan fingerprint density at radius 2 is 1.73 bits per heavy atom. The van der Waals surface area contributed by atoms with Crippen LogP contribution in [0.2, 0.25) is 5.02 Å². The van der Waals surface area contributed by atoms with Crippen LogP contribution in [-0.2, 0) is 17.8 Å². The van der Waals surface area contributed by atoms with Crippen molar-refractivity contribution in [2.24, 2.45) is 0 Å². The maximum atomic E-state index is 13.2. The minimum Gasteiger partial charge on any atom is -0.465 e. The van der Waals surface area contributed by atoms with Gasteiger partial charge in [-0.3, -0.25) is 9.78 Å². The summed E-state index contributed by atoms with van der Waals surface area (Å²) in [5, 5.41) is 4.33. The fourth-order valence-electron chi connectivity index (χ4n) is 4.27. The minimum atomic E-state index is -0.401. The van der Waals surface area contributed by atoms with Crippen LogP contribution in [0.25, 0.3) is 22.0 Å². The van der Waals surface area contributed by atoms with Gasteiger partial charge in [-0.2, -0.15) is 0 Å². The molecule has 0 radical (unpaired) electrons. The second kappa shape index (κ2) is 10.7. The van der Waals surface area contributed by atoms with Gasteiger partial charge in [-0.25, -0.2) is 4.79 Å². The molecule has 0 spiro atoms. The van der Waals surface area contributed by atoms with Crippen LogP contribution in [0.3, 0.4) is 0 Å². The highest BCUT2D eigenvalue weighted by atomic mass is 35.5. The van der Waals surface area contributed by atoms with Gasteiger partial charge in [0, 0.05) is 34.9 Å². The molecule has 0 aliphatic carbocycles. The molecule has 0 atom stereocenters. The first-order valence-electron chi connectivity index (χ1n) is 11.8. The van der Waals surface area contributed by atoms with Gasteiger partial charge in [0.15, 0.2) is 0 Å². The Labute approximate surface area is 219 Å².